The zero-order chi connectivity index (χ0) is 12.2. The zero-order valence-corrected chi connectivity index (χ0v) is 8.42. The molecule has 0 amide bonds. The number of halogens is 4. The summed E-state index contributed by atoms with van der Waals surface area (Å²) in [6, 6.07) is 2.67. The van der Waals surface area contributed by atoms with E-state index in [1.165, 1.54) is 18.5 Å². The number of alkyl halides is 3. The topological polar surface area (TPSA) is 12.4 Å². The molecule has 0 radical (unpaired) electrons. The van der Waals surface area contributed by atoms with Crippen LogP contribution in [0, 0.1) is 5.82 Å². The molecule has 86 valence electrons. The monoisotopic (exact) mass is 231 g/mol. The highest BCUT2D eigenvalue weighted by Gasteiger charge is 2.33. The van der Waals surface area contributed by atoms with Crippen molar-refractivity contribution in [3.05, 3.63) is 47.4 Å². The highest BCUT2D eigenvalue weighted by atomic mass is 19.4. The molecule has 0 saturated carbocycles. The van der Waals surface area contributed by atoms with Crippen LogP contribution in [-0.4, -0.2) is 6.21 Å². The molecule has 1 rings (SSSR count). The number of hydrogen-bond donors (Lipinski definition) is 0. The highest BCUT2D eigenvalue weighted by molar-refractivity contribution is 5.80. The van der Waals surface area contributed by atoms with Gasteiger partial charge < -0.3 is 0 Å². The van der Waals surface area contributed by atoms with E-state index in [1.807, 2.05) is 0 Å². The van der Waals surface area contributed by atoms with Crippen molar-refractivity contribution in [2.75, 3.05) is 0 Å². The van der Waals surface area contributed by atoms with Crippen LogP contribution in [0.1, 0.15) is 18.1 Å². The Morgan fingerprint density at radius 1 is 1.25 bits per heavy atom. The zero-order valence-electron chi connectivity index (χ0n) is 8.42. The molecule has 0 aromatic heterocycles. The van der Waals surface area contributed by atoms with Gasteiger partial charge >= 0.3 is 6.18 Å². The summed E-state index contributed by atoms with van der Waals surface area (Å²) in [7, 11) is 0. The van der Waals surface area contributed by atoms with E-state index in [1.54, 1.807) is 13.0 Å². The normalized spacial score (nSPS) is 12.8. The van der Waals surface area contributed by atoms with Crippen molar-refractivity contribution >= 4 is 6.21 Å². The third-order valence-electron chi connectivity index (χ3n) is 1.76. The first-order valence-electron chi connectivity index (χ1n) is 4.46. The Labute approximate surface area is 90.1 Å². The van der Waals surface area contributed by atoms with Crippen molar-refractivity contribution in [3.8, 4) is 0 Å². The lowest BCUT2D eigenvalue weighted by Gasteiger charge is -2.07. The minimum atomic E-state index is -4.66. The maximum Gasteiger partial charge on any atom is 0.419 e. The largest absolute Gasteiger partial charge is 0.419 e. The van der Waals surface area contributed by atoms with E-state index in [9.17, 15) is 17.6 Å². The van der Waals surface area contributed by atoms with Crippen LogP contribution in [0.4, 0.5) is 17.6 Å². The van der Waals surface area contributed by atoms with Gasteiger partial charge in [0.2, 0.25) is 0 Å². The van der Waals surface area contributed by atoms with Gasteiger partial charge in [-0.05, 0) is 24.6 Å². The highest BCUT2D eigenvalue weighted by Crippen LogP contribution is 2.31. The molecule has 0 heterocycles. The van der Waals surface area contributed by atoms with Crippen LogP contribution in [0.2, 0.25) is 0 Å². The summed E-state index contributed by atoms with van der Waals surface area (Å²) < 4.78 is 49.7. The summed E-state index contributed by atoms with van der Waals surface area (Å²) in [5, 5.41) is 0. The molecule has 0 atom stereocenters. The van der Waals surface area contributed by atoms with E-state index < -0.39 is 17.6 Å². The molecule has 1 aromatic rings. The summed E-state index contributed by atoms with van der Waals surface area (Å²) in [5.41, 5.74) is -0.987. The Balaban J connectivity index is 3.00. The first-order chi connectivity index (χ1) is 7.45. The molecule has 0 N–H and O–H groups in total. The van der Waals surface area contributed by atoms with Crippen molar-refractivity contribution in [2.24, 2.45) is 4.99 Å². The molecule has 0 aliphatic heterocycles. The van der Waals surface area contributed by atoms with Gasteiger partial charge in [-0.15, -0.1) is 0 Å². The van der Waals surface area contributed by atoms with Crippen LogP contribution < -0.4 is 0 Å². The predicted molar refractivity (Wildman–Crippen MR) is 53.8 cm³/mol. The van der Waals surface area contributed by atoms with Crippen molar-refractivity contribution in [3.63, 3.8) is 0 Å². The average molecular weight is 231 g/mol. The minimum absolute atomic E-state index is 0.281. The van der Waals surface area contributed by atoms with Gasteiger partial charge in [0.25, 0.3) is 0 Å². The second-order valence-electron chi connectivity index (χ2n) is 3.00. The molecular weight excluding hydrogens is 222 g/mol. The average Bonchev–Trinajstić information content (AvgIpc) is 2.16. The number of hydrogen-bond acceptors (Lipinski definition) is 1. The van der Waals surface area contributed by atoms with Gasteiger partial charge in [0, 0.05) is 12.4 Å². The summed E-state index contributed by atoms with van der Waals surface area (Å²) in [5.74, 6) is -1.29. The molecular formula is C11H9F4N. The van der Waals surface area contributed by atoms with Crippen LogP contribution >= 0.6 is 0 Å². The molecule has 0 bridgehead atoms. The Morgan fingerprint density at radius 2 is 1.94 bits per heavy atom. The molecule has 0 aliphatic carbocycles. The Kier molecular flexibility index (Phi) is 3.82. The van der Waals surface area contributed by atoms with Crippen molar-refractivity contribution in [1.82, 2.24) is 0 Å². The lowest BCUT2D eigenvalue weighted by Crippen LogP contribution is -2.08. The predicted octanol–water partition coefficient (Wildman–Crippen LogP) is 3.80. The van der Waals surface area contributed by atoms with E-state index >= 15 is 0 Å². The molecule has 16 heavy (non-hydrogen) atoms. The second-order valence-corrected chi connectivity index (χ2v) is 3.00. The first kappa shape index (κ1) is 12.4. The van der Waals surface area contributed by atoms with Crippen LogP contribution in [-0.2, 0) is 6.18 Å². The fourth-order valence-electron chi connectivity index (χ4n) is 1.06. The third kappa shape index (κ3) is 3.18. The van der Waals surface area contributed by atoms with Gasteiger partial charge in [-0.25, -0.2) is 4.39 Å². The molecule has 1 nitrogen and oxygen atoms in total. The minimum Gasteiger partial charge on any atom is -0.264 e. The van der Waals surface area contributed by atoms with Gasteiger partial charge in [0.05, 0.1) is 5.56 Å². The van der Waals surface area contributed by atoms with Crippen LogP contribution in [0.3, 0.4) is 0 Å². The van der Waals surface area contributed by atoms with Crippen molar-refractivity contribution in [1.29, 1.82) is 0 Å². The van der Waals surface area contributed by atoms with E-state index in [0.29, 0.717) is 6.07 Å². The fraction of sp³-hybridized carbons (Fsp3) is 0.182. The molecule has 0 unspecified atom stereocenters. The molecule has 0 fully saturated rings. The van der Waals surface area contributed by atoms with Gasteiger partial charge in [0.1, 0.15) is 5.82 Å². The van der Waals surface area contributed by atoms with E-state index in [4.69, 9.17) is 0 Å². The lowest BCUT2D eigenvalue weighted by molar-refractivity contribution is -0.140. The van der Waals surface area contributed by atoms with Gasteiger partial charge in [0.15, 0.2) is 0 Å². The second kappa shape index (κ2) is 4.92. The summed E-state index contributed by atoms with van der Waals surface area (Å²) >= 11 is 0. The molecule has 0 saturated heterocycles. The number of aliphatic imine (C=N–C) groups is 1. The molecule has 1 aromatic carbocycles. The summed E-state index contributed by atoms with van der Waals surface area (Å²) in [6.07, 6.45) is -0.279. The van der Waals surface area contributed by atoms with E-state index in [2.05, 4.69) is 4.99 Å². The maximum atomic E-state index is 13.1. The van der Waals surface area contributed by atoms with Gasteiger partial charge in [-0.2, -0.15) is 13.2 Å². The third-order valence-corrected chi connectivity index (χ3v) is 1.76. The van der Waals surface area contributed by atoms with Crippen LogP contribution in [0.5, 0.6) is 0 Å². The SMILES string of the molecule is C/C=C/N=C/c1ccc(C(F)(F)F)c(F)c1. The summed E-state index contributed by atoms with van der Waals surface area (Å²) in [6.45, 7) is 1.74. The Bertz CT molecular complexity index is 418. The first-order valence-corrected chi connectivity index (χ1v) is 4.46. The van der Waals surface area contributed by atoms with Gasteiger partial charge in [-0.3, -0.25) is 4.99 Å². The smallest absolute Gasteiger partial charge is 0.264 e. The Hall–Kier alpha value is -1.65. The van der Waals surface area contributed by atoms with E-state index in [-0.39, 0.29) is 5.56 Å². The maximum absolute atomic E-state index is 13.1. The van der Waals surface area contributed by atoms with Crippen LogP contribution in [0.15, 0.2) is 35.5 Å². The number of allylic oxidation sites excluding steroid dienone is 1. The number of nitrogens with zero attached hydrogens (tertiary/aromatic N) is 1. The number of rotatable bonds is 2. The Morgan fingerprint density at radius 3 is 2.44 bits per heavy atom. The number of benzene rings is 1. The quantitative estimate of drug-likeness (QED) is 0.542. The van der Waals surface area contributed by atoms with E-state index in [0.717, 1.165) is 6.07 Å². The molecule has 0 aliphatic rings. The standard InChI is InChI=1S/C11H9F4N/c1-2-5-16-7-8-3-4-9(10(12)6-8)11(13,14)15/h2-7H,1H3/b5-2+,16-7+. The fourth-order valence-corrected chi connectivity index (χ4v) is 1.06. The van der Waals surface area contributed by atoms with Crippen molar-refractivity contribution in [2.45, 2.75) is 13.1 Å². The molecule has 0 spiro atoms. The van der Waals surface area contributed by atoms with Gasteiger partial charge in [-0.1, -0.05) is 12.1 Å². The van der Waals surface area contributed by atoms with Crippen LogP contribution in [0.25, 0.3) is 0 Å². The molecule has 5 heteroatoms. The van der Waals surface area contributed by atoms with Crippen molar-refractivity contribution < 1.29 is 17.6 Å². The summed E-state index contributed by atoms with van der Waals surface area (Å²) in [4.78, 5) is 3.74. The lowest BCUT2D eigenvalue weighted by atomic mass is 10.1.